The monoisotopic (exact) mass is 358 g/mol. The molecule has 2 aromatic carbocycles. The molecule has 132 valence electrons. The zero-order chi connectivity index (χ0) is 17.4. The van der Waals surface area contributed by atoms with Crippen LogP contribution in [0.4, 0.5) is 5.69 Å². The van der Waals surface area contributed by atoms with E-state index in [1.54, 1.807) is 12.1 Å². The number of hydrogen-bond donors (Lipinski definition) is 1. The van der Waals surface area contributed by atoms with Gasteiger partial charge >= 0.3 is 0 Å². The van der Waals surface area contributed by atoms with Crippen LogP contribution >= 0.6 is 0 Å². The maximum absolute atomic E-state index is 12.1. The third kappa shape index (κ3) is 3.12. The SMILES string of the molecule is CS(=O)(=O)c1ccccc1-c1ccc2c(c1)OCC[C@H]1CNCCN21. The van der Waals surface area contributed by atoms with E-state index in [9.17, 15) is 8.42 Å². The standard InChI is InChI=1S/C19H22N2O3S/c1-25(22,23)19-5-3-2-4-16(19)14-6-7-17-18(12-14)24-11-8-15-13-20-9-10-21(15)17/h2-7,12,15,20H,8-11,13H2,1H3/t15-/m0/s1. The van der Waals surface area contributed by atoms with Gasteiger partial charge in [0, 0.05) is 43.9 Å². The van der Waals surface area contributed by atoms with E-state index >= 15 is 0 Å². The molecule has 0 amide bonds. The minimum absolute atomic E-state index is 0.351. The van der Waals surface area contributed by atoms with Gasteiger partial charge in [-0.3, -0.25) is 0 Å². The molecule has 1 N–H and O–H groups in total. The summed E-state index contributed by atoms with van der Waals surface area (Å²) in [6.07, 6.45) is 2.23. The normalized spacial score (nSPS) is 20.2. The van der Waals surface area contributed by atoms with E-state index in [4.69, 9.17) is 4.74 Å². The molecule has 2 aliphatic rings. The van der Waals surface area contributed by atoms with Crippen LogP contribution in [0.3, 0.4) is 0 Å². The van der Waals surface area contributed by atoms with Gasteiger partial charge in [0.1, 0.15) is 5.75 Å². The summed E-state index contributed by atoms with van der Waals surface area (Å²) < 4.78 is 30.2. The molecule has 0 saturated carbocycles. The second kappa shape index (κ2) is 6.35. The van der Waals surface area contributed by atoms with Crippen LogP contribution in [0, 0.1) is 0 Å². The van der Waals surface area contributed by atoms with Gasteiger partial charge in [0.2, 0.25) is 0 Å². The molecule has 25 heavy (non-hydrogen) atoms. The van der Waals surface area contributed by atoms with Gasteiger partial charge in [0.15, 0.2) is 9.84 Å². The molecule has 0 aliphatic carbocycles. The second-order valence-corrected chi connectivity index (χ2v) is 8.62. The number of hydrogen-bond acceptors (Lipinski definition) is 5. The molecule has 6 heteroatoms. The fourth-order valence-electron chi connectivity index (χ4n) is 3.70. The fraction of sp³-hybridized carbons (Fsp3) is 0.368. The van der Waals surface area contributed by atoms with Crippen molar-refractivity contribution in [2.24, 2.45) is 0 Å². The first-order valence-electron chi connectivity index (χ1n) is 8.58. The molecule has 2 aliphatic heterocycles. The number of benzene rings is 2. The Bertz CT molecular complexity index is 895. The molecule has 5 nitrogen and oxygen atoms in total. The van der Waals surface area contributed by atoms with Crippen molar-refractivity contribution < 1.29 is 13.2 Å². The van der Waals surface area contributed by atoms with Gasteiger partial charge in [-0.05, 0) is 23.8 Å². The van der Waals surface area contributed by atoms with Crippen molar-refractivity contribution >= 4 is 15.5 Å². The molecule has 0 spiro atoms. The van der Waals surface area contributed by atoms with Crippen molar-refractivity contribution in [3.63, 3.8) is 0 Å². The Kier molecular flexibility index (Phi) is 4.17. The lowest BCUT2D eigenvalue weighted by molar-refractivity contribution is 0.304. The quantitative estimate of drug-likeness (QED) is 0.893. The molecule has 1 saturated heterocycles. The lowest BCUT2D eigenvalue weighted by Crippen LogP contribution is -2.51. The highest BCUT2D eigenvalue weighted by atomic mass is 32.2. The molecule has 4 rings (SSSR count). The number of piperazine rings is 1. The first-order chi connectivity index (χ1) is 12.0. The Morgan fingerprint density at radius 3 is 2.88 bits per heavy atom. The van der Waals surface area contributed by atoms with Crippen LogP contribution < -0.4 is 15.0 Å². The van der Waals surface area contributed by atoms with Gasteiger partial charge in [-0.1, -0.05) is 24.3 Å². The summed E-state index contributed by atoms with van der Waals surface area (Å²) in [6.45, 7) is 3.57. The lowest BCUT2D eigenvalue weighted by atomic mass is 10.0. The fourth-order valence-corrected chi connectivity index (χ4v) is 4.62. The predicted molar refractivity (Wildman–Crippen MR) is 99.1 cm³/mol. The largest absolute Gasteiger partial charge is 0.491 e. The Hall–Kier alpha value is -2.05. The molecule has 2 aromatic rings. The van der Waals surface area contributed by atoms with Crippen molar-refractivity contribution in [3.05, 3.63) is 42.5 Å². The summed E-state index contributed by atoms with van der Waals surface area (Å²) in [4.78, 5) is 2.76. The van der Waals surface area contributed by atoms with Gasteiger partial charge in [0.05, 0.1) is 17.2 Å². The molecule has 0 bridgehead atoms. The molecule has 1 fully saturated rings. The van der Waals surface area contributed by atoms with E-state index in [0.717, 1.165) is 48.6 Å². The van der Waals surface area contributed by atoms with Gasteiger partial charge in [-0.2, -0.15) is 0 Å². The van der Waals surface area contributed by atoms with Crippen molar-refractivity contribution in [1.29, 1.82) is 0 Å². The number of rotatable bonds is 2. The van der Waals surface area contributed by atoms with E-state index in [1.165, 1.54) is 6.26 Å². The number of anilines is 1. The number of nitrogens with one attached hydrogen (secondary N) is 1. The number of fused-ring (bicyclic) bond motifs is 3. The van der Waals surface area contributed by atoms with Crippen molar-refractivity contribution in [1.82, 2.24) is 5.32 Å². The van der Waals surface area contributed by atoms with E-state index in [1.807, 2.05) is 24.3 Å². The first-order valence-corrected chi connectivity index (χ1v) is 10.5. The smallest absolute Gasteiger partial charge is 0.176 e. The predicted octanol–water partition coefficient (Wildman–Crippen LogP) is 2.32. The van der Waals surface area contributed by atoms with Crippen molar-refractivity contribution in [3.8, 4) is 16.9 Å². The Labute approximate surface area is 148 Å². The number of ether oxygens (including phenoxy) is 1. The van der Waals surface area contributed by atoms with Crippen LogP contribution in [0.25, 0.3) is 11.1 Å². The Morgan fingerprint density at radius 1 is 1.20 bits per heavy atom. The van der Waals surface area contributed by atoms with E-state index in [-0.39, 0.29) is 0 Å². The third-order valence-electron chi connectivity index (χ3n) is 4.93. The van der Waals surface area contributed by atoms with Crippen LogP contribution in [0.15, 0.2) is 47.4 Å². The van der Waals surface area contributed by atoms with Gasteiger partial charge in [0.25, 0.3) is 0 Å². The number of nitrogens with zero attached hydrogens (tertiary/aromatic N) is 1. The van der Waals surface area contributed by atoms with Crippen LogP contribution in [0.1, 0.15) is 6.42 Å². The van der Waals surface area contributed by atoms with E-state index < -0.39 is 9.84 Å². The number of sulfone groups is 1. The van der Waals surface area contributed by atoms with Gasteiger partial charge < -0.3 is 15.0 Å². The molecule has 0 aromatic heterocycles. The topological polar surface area (TPSA) is 58.6 Å². The lowest BCUT2D eigenvalue weighted by Gasteiger charge is -2.36. The minimum Gasteiger partial charge on any atom is -0.491 e. The summed E-state index contributed by atoms with van der Waals surface area (Å²) in [5.41, 5.74) is 2.69. The Balaban J connectivity index is 1.79. The van der Waals surface area contributed by atoms with Crippen LogP contribution in [0.5, 0.6) is 5.75 Å². The first kappa shape index (κ1) is 16.4. The molecule has 1 atom stereocenters. The highest BCUT2D eigenvalue weighted by molar-refractivity contribution is 7.90. The summed E-state index contributed by atoms with van der Waals surface area (Å²) >= 11 is 0. The van der Waals surface area contributed by atoms with E-state index in [0.29, 0.717) is 17.5 Å². The summed E-state index contributed by atoms with van der Waals surface area (Å²) in [6, 6.07) is 13.6. The highest BCUT2D eigenvalue weighted by Crippen LogP contribution is 2.38. The van der Waals surface area contributed by atoms with Crippen molar-refractivity contribution in [2.45, 2.75) is 17.4 Å². The highest BCUT2D eigenvalue weighted by Gasteiger charge is 2.28. The molecular weight excluding hydrogens is 336 g/mol. The second-order valence-electron chi connectivity index (χ2n) is 6.64. The summed E-state index contributed by atoms with van der Waals surface area (Å²) in [5.74, 6) is 0.838. The summed E-state index contributed by atoms with van der Waals surface area (Å²) in [5, 5.41) is 3.44. The average Bonchev–Trinajstić information content (AvgIpc) is 2.80. The molecular formula is C19H22N2O3S. The molecule has 0 radical (unpaired) electrons. The minimum atomic E-state index is -3.29. The molecule has 2 heterocycles. The molecule has 0 unspecified atom stereocenters. The van der Waals surface area contributed by atoms with Crippen LogP contribution in [-0.4, -0.2) is 47.0 Å². The maximum atomic E-state index is 12.1. The Morgan fingerprint density at radius 2 is 2.04 bits per heavy atom. The van der Waals surface area contributed by atoms with Crippen molar-refractivity contribution in [2.75, 3.05) is 37.4 Å². The zero-order valence-corrected chi connectivity index (χ0v) is 15.1. The third-order valence-corrected chi connectivity index (χ3v) is 6.08. The van der Waals surface area contributed by atoms with Crippen LogP contribution in [-0.2, 0) is 9.84 Å². The van der Waals surface area contributed by atoms with E-state index in [2.05, 4.69) is 16.3 Å². The van der Waals surface area contributed by atoms with Crippen LogP contribution in [0.2, 0.25) is 0 Å². The summed E-state index contributed by atoms with van der Waals surface area (Å²) in [7, 11) is -3.29. The maximum Gasteiger partial charge on any atom is 0.176 e. The van der Waals surface area contributed by atoms with Gasteiger partial charge in [-0.25, -0.2) is 8.42 Å². The average molecular weight is 358 g/mol. The van der Waals surface area contributed by atoms with Gasteiger partial charge in [-0.15, -0.1) is 0 Å². The zero-order valence-electron chi connectivity index (χ0n) is 14.2.